The van der Waals surface area contributed by atoms with Crippen LogP contribution in [0, 0.1) is 11.3 Å². The minimum Gasteiger partial charge on any atom is -0.301 e. The maximum absolute atomic E-state index is 13.8. The molecule has 5 heteroatoms. The number of rotatable bonds is 3. The van der Waals surface area contributed by atoms with Gasteiger partial charge in [-0.3, -0.25) is 0 Å². The third kappa shape index (κ3) is 3.61. The Morgan fingerprint density at radius 3 is 2.71 bits per heavy atom. The molecule has 1 saturated heterocycles. The Hall–Kier alpha value is -0.710. The second kappa shape index (κ2) is 6.22. The van der Waals surface area contributed by atoms with Crippen LogP contribution in [-0.2, 0) is 16.8 Å². The minimum atomic E-state index is -2.60. The molecule has 24 heavy (non-hydrogen) atoms. The zero-order valence-corrected chi connectivity index (χ0v) is 15.4. The van der Waals surface area contributed by atoms with Crippen molar-refractivity contribution in [1.82, 2.24) is 5.48 Å². The Balaban J connectivity index is 1.83. The lowest BCUT2D eigenvalue weighted by Gasteiger charge is -2.41. The van der Waals surface area contributed by atoms with Crippen LogP contribution in [0.5, 0.6) is 0 Å². The van der Waals surface area contributed by atoms with Crippen LogP contribution < -0.4 is 5.48 Å². The minimum absolute atomic E-state index is 0.122. The molecule has 1 aromatic carbocycles. The van der Waals surface area contributed by atoms with Crippen molar-refractivity contribution in [1.29, 1.82) is 0 Å². The molecule has 2 unspecified atom stereocenters. The zero-order valence-electron chi connectivity index (χ0n) is 14.6. The predicted octanol–water partition coefficient (Wildman–Crippen LogP) is 5.48. The van der Waals surface area contributed by atoms with Gasteiger partial charge in [-0.05, 0) is 41.9 Å². The van der Waals surface area contributed by atoms with Crippen molar-refractivity contribution in [3.8, 4) is 0 Å². The lowest BCUT2D eigenvalue weighted by atomic mass is 9.69. The Labute approximate surface area is 147 Å². The van der Waals surface area contributed by atoms with Gasteiger partial charge < -0.3 is 4.84 Å². The van der Waals surface area contributed by atoms with Crippen LogP contribution in [-0.4, -0.2) is 12.5 Å². The number of halogens is 3. The molecule has 2 fully saturated rings. The van der Waals surface area contributed by atoms with Crippen molar-refractivity contribution in [3.05, 3.63) is 34.3 Å². The zero-order chi connectivity index (χ0) is 17.6. The Morgan fingerprint density at radius 2 is 2.04 bits per heavy atom. The van der Waals surface area contributed by atoms with E-state index in [2.05, 4.69) is 26.3 Å². The molecule has 0 spiro atoms. The fourth-order valence-corrected chi connectivity index (χ4v) is 4.08. The largest absolute Gasteiger partial charge is 0.301 e. The second-order valence-electron chi connectivity index (χ2n) is 8.51. The lowest BCUT2D eigenvalue weighted by Crippen LogP contribution is -2.48. The number of alkyl halides is 2. The fourth-order valence-electron chi connectivity index (χ4n) is 3.80. The first-order chi connectivity index (χ1) is 11.1. The first kappa shape index (κ1) is 18.1. The van der Waals surface area contributed by atoms with E-state index < -0.39 is 11.5 Å². The summed E-state index contributed by atoms with van der Waals surface area (Å²) in [7, 11) is 0. The quantitative estimate of drug-likeness (QED) is 0.772. The third-order valence-electron chi connectivity index (χ3n) is 5.38. The third-order valence-corrected chi connectivity index (χ3v) is 5.73. The van der Waals surface area contributed by atoms with Gasteiger partial charge in [0.05, 0.1) is 12.1 Å². The summed E-state index contributed by atoms with van der Waals surface area (Å²) in [4.78, 5) is 5.38. The molecule has 134 valence electrons. The maximum Gasteiger partial charge on any atom is 0.248 e. The summed E-state index contributed by atoms with van der Waals surface area (Å²) in [5.41, 5.74) is 4.83. The van der Waals surface area contributed by atoms with Crippen LogP contribution in [0.3, 0.4) is 0 Å². The number of nitrogens with one attached hydrogen (secondary N) is 1. The molecule has 2 aliphatic rings. The first-order valence-electron chi connectivity index (χ1n) is 8.67. The monoisotopic (exact) mass is 357 g/mol. The van der Waals surface area contributed by atoms with E-state index in [0.717, 1.165) is 29.0 Å². The SMILES string of the molecule is CC(C)(C)CCc1ccc(C23CCC(F)(F)CC2CON3)cc1Cl. The number of hydroxylamine groups is 1. The average Bonchev–Trinajstić information content (AvgIpc) is 2.87. The first-order valence-corrected chi connectivity index (χ1v) is 9.05. The molecule has 1 heterocycles. The van der Waals surface area contributed by atoms with E-state index in [-0.39, 0.29) is 24.2 Å². The summed E-state index contributed by atoms with van der Waals surface area (Å²) in [5, 5.41) is 0.718. The molecule has 0 radical (unpaired) electrons. The van der Waals surface area contributed by atoms with Gasteiger partial charge in [0.2, 0.25) is 5.92 Å². The molecular weight excluding hydrogens is 332 g/mol. The topological polar surface area (TPSA) is 21.3 Å². The van der Waals surface area contributed by atoms with Gasteiger partial charge in [-0.25, -0.2) is 8.78 Å². The van der Waals surface area contributed by atoms with Crippen LogP contribution in [0.1, 0.15) is 57.6 Å². The number of aryl methyl sites for hydroxylation is 1. The second-order valence-corrected chi connectivity index (χ2v) is 8.92. The van der Waals surface area contributed by atoms with Crippen molar-refractivity contribution in [3.63, 3.8) is 0 Å². The lowest BCUT2D eigenvalue weighted by molar-refractivity contribution is -0.0737. The normalized spacial score (nSPS) is 29.5. The molecule has 2 nitrogen and oxygen atoms in total. The summed E-state index contributed by atoms with van der Waals surface area (Å²) in [6.07, 6.45) is 2.07. The van der Waals surface area contributed by atoms with Gasteiger partial charge in [0.25, 0.3) is 0 Å². The highest BCUT2D eigenvalue weighted by Gasteiger charge is 2.54. The van der Waals surface area contributed by atoms with Gasteiger partial charge in [-0.2, -0.15) is 5.48 Å². The van der Waals surface area contributed by atoms with Gasteiger partial charge in [0.15, 0.2) is 0 Å². The molecular formula is C19H26ClF2NO. The van der Waals surface area contributed by atoms with Crippen LogP contribution >= 0.6 is 11.6 Å². The van der Waals surface area contributed by atoms with Gasteiger partial charge in [-0.1, -0.05) is 44.5 Å². The maximum atomic E-state index is 13.8. The van der Waals surface area contributed by atoms with Crippen molar-refractivity contribution >= 4 is 11.6 Å². The molecule has 1 saturated carbocycles. The summed E-state index contributed by atoms with van der Waals surface area (Å²) < 4.78 is 27.5. The van der Waals surface area contributed by atoms with Crippen molar-refractivity contribution in [2.24, 2.45) is 11.3 Å². The van der Waals surface area contributed by atoms with Crippen LogP contribution in [0.15, 0.2) is 18.2 Å². The van der Waals surface area contributed by atoms with Gasteiger partial charge >= 0.3 is 0 Å². The molecule has 1 aliphatic heterocycles. The molecule has 0 bridgehead atoms. The summed E-state index contributed by atoms with van der Waals surface area (Å²) in [6, 6.07) is 6.02. The van der Waals surface area contributed by atoms with Crippen LogP contribution in [0.25, 0.3) is 0 Å². The summed E-state index contributed by atoms with van der Waals surface area (Å²) in [6.45, 7) is 6.95. The Kier molecular flexibility index (Phi) is 4.69. The average molecular weight is 358 g/mol. The van der Waals surface area contributed by atoms with E-state index in [1.807, 2.05) is 18.2 Å². The van der Waals surface area contributed by atoms with E-state index in [4.69, 9.17) is 16.4 Å². The molecule has 2 atom stereocenters. The smallest absolute Gasteiger partial charge is 0.248 e. The van der Waals surface area contributed by atoms with Crippen LogP contribution in [0.2, 0.25) is 5.02 Å². The van der Waals surface area contributed by atoms with E-state index in [0.29, 0.717) is 13.0 Å². The molecule has 3 rings (SSSR count). The van der Waals surface area contributed by atoms with Crippen molar-refractivity contribution in [2.45, 2.75) is 64.3 Å². The standard InChI is InChI=1S/C19H26ClF2NO/c1-17(2,3)7-6-13-4-5-14(10-16(13)20)19-9-8-18(21,22)11-15(19)12-24-23-19/h4-5,10,15,23H,6-9,11-12H2,1-3H3. The van der Waals surface area contributed by atoms with Crippen LogP contribution in [0.4, 0.5) is 8.78 Å². The number of hydrogen-bond donors (Lipinski definition) is 1. The Bertz CT molecular complexity index is 614. The predicted molar refractivity (Wildman–Crippen MR) is 92.3 cm³/mol. The van der Waals surface area contributed by atoms with Crippen molar-refractivity contribution < 1.29 is 13.6 Å². The van der Waals surface area contributed by atoms with E-state index in [9.17, 15) is 8.78 Å². The van der Waals surface area contributed by atoms with Gasteiger partial charge in [0.1, 0.15) is 0 Å². The number of benzene rings is 1. The van der Waals surface area contributed by atoms with Gasteiger partial charge in [0, 0.05) is 23.8 Å². The van der Waals surface area contributed by atoms with E-state index in [1.165, 1.54) is 0 Å². The highest BCUT2D eigenvalue weighted by Crippen LogP contribution is 2.50. The molecule has 1 N–H and O–H groups in total. The fraction of sp³-hybridized carbons (Fsp3) is 0.684. The summed E-state index contributed by atoms with van der Waals surface area (Å²) in [5.74, 6) is -2.82. The van der Waals surface area contributed by atoms with Gasteiger partial charge in [-0.15, -0.1) is 0 Å². The molecule has 1 aliphatic carbocycles. The molecule has 1 aromatic rings. The molecule has 0 aromatic heterocycles. The number of fused-ring (bicyclic) bond motifs is 1. The Morgan fingerprint density at radius 1 is 1.29 bits per heavy atom. The highest BCUT2D eigenvalue weighted by atomic mass is 35.5. The highest BCUT2D eigenvalue weighted by molar-refractivity contribution is 6.31. The van der Waals surface area contributed by atoms with Crippen molar-refractivity contribution in [2.75, 3.05) is 6.61 Å². The van der Waals surface area contributed by atoms with E-state index in [1.54, 1.807) is 0 Å². The summed E-state index contributed by atoms with van der Waals surface area (Å²) >= 11 is 6.50. The molecule has 0 amide bonds. The number of hydrogen-bond acceptors (Lipinski definition) is 2. The van der Waals surface area contributed by atoms with E-state index >= 15 is 0 Å².